The molecule has 1 aromatic heterocycles. The minimum atomic E-state index is -0.768. The summed E-state index contributed by atoms with van der Waals surface area (Å²) >= 11 is 1.44. The van der Waals surface area contributed by atoms with Gasteiger partial charge in [-0.15, -0.1) is 0 Å². The van der Waals surface area contributed by atoms with Gasteiger partial charge in [-0.1, -0.05) is 48.1 Å². The molecule has 0 radical (unpaired) electrons. The van der Waals surface area contributed by atoms with Gasteiger partial charge in [0.1, 0.15) is 10.0 Å². The smallest absolute Gasteiger partial charge is 0.322 e. The first-order valence-corrected chi connectivity index (χ1v) is 9.63. The third-order valence-corrected chi connectivity index (χ3v) is 6.74. The highest BCUT2D eigenvalue weighted by atomic mass is 32.1. The molecule has 2 aromatic rings. The van der Waals surface area contributed by atoms with Crippen molar-refractivity contribution < 1.29 is 14.7 Å². The number of amides is 2. The van der Waals surface area contributed by atoms with E-state index in [0.717, 1.165) is 34.1 Å². The number of fused-ring (bicyclic) bond motifs is 1. The number of aromatic nitrogens is 1. The monoisotopic (exact) mass is 371 g/mol. The van der Waals surface area contributed by atoms with Gasteiger partial charge >= 0.3 is 12.0 Å². The van der Waals surface area contributed by atoms with Crippen LogP contribution in [-0.2, 0) is 4.79 Å². The molecule has 136 valence electrons. The number of carbonyl (C=O) groups is 2. The molecule has 2 fully saturated rings. The molecule has 26 heavy (non-hydrogen) atoms. The van der Waals surface area contributed by atoms with E-state index >= 15 is 0 Å². The molecule has 1 aliphatic heterocycles. The second kappa shape index (κ2) is 6.39. The fourth-order valence-corrected chi connectivity index (χ4v) is 5.15. The van der Waals surface area contributed by atoms with Crippen LogP contribution in [0, 0.1) is 18.3 Å². The fraction of sp³-hybridized carbons (Fsp3) is 0.421. The maximum atomic E-state index is 12.7. The Morgan fingerprint density at radius 1 is 1.35 bits per heavy atom. The van der Waals surface area contributed by atoms with Gasteiger partial charge in [0.2, 0.25) is 0 Å². The van der Waals surface area contributed by atoms with Crippen molar-refractivity contribution in [1.29, 1.82) is 0 Å². The van der Waals surface area contributed by atoms with Crippen molar-refractivity contribution >= 4 is 28.3 Å². The van der Waals surface area contributed by atoms with Crippen molar-refractivity contribution in [3.63, 3.8) is 0 Å². The summed E-state index contributed by atoms with van der Waals surface area (Å²) in [6, 6.07) is 9.61. The lowest BCUT2D eigenvalue weighted by molar-refractivity contribution is -0.149. The number of hydrogen-bond donors (Lipinski definition) is 2. The molecule has 0 bridgehead atoms. The fourth-order valence-electron chi connectivity index (χ4n) is 4.19. The van der Waals surface area contributed by atoms with Crippen LogP contribution < -0.4 is 5.32 Å². The maximum absolute atomic E-state index is 12.7. The summed E-state index contributed by atoms with van der Waals surface area (Å²) in [5.41, 5.74) is 1.03. The molecule has 4 rings (SSSR count). The van der Waals surface area contributed by atoms with Crippen molar-refractivity contribution in [3.05, 3.63) is 36.0 Å². The number of aliphatic carboxylic acids is 1. The van der Waals surface area contributed by atoms with Crippen molar-refractivity contribution in [2.45, 2.75) is 26.2 Å². The van der Waals surface area contributed by atoms with Gasteiger partial charge in [0.15, 0.2) is 0 Å². The van der Waals surface area contributed by atoms with E-state index in [1.54, 1.807) is 4.90 Å². The number of likely N-dealkylation sites (tertiary alicyclic amines) is 1. The second-order valence-electron chi connectivity index (χ2n) is 7.16. The van der Waals surface area contributed by atoms with Crippen molar-refractivity contribution in [3.8, 4) is 10.6 Å². The summed E-state index contributed by atoms with van der Waals surface area (Å²) in [6.07, 6.45) is 2.48. The lowest BCUT2D eigenvalue weighted by atomic mass is 9.81. The van der Waals surface area contributed by atoms with Gasteiger partial charge < -0.3 is 10.0 Å². The van der Waals surface area contributed by atoms with Gasteiger partial charge in [-0.25, -0.2) is 9.78 Å². The molecule has 7 heteroatoms. The van der Waals surface area contributed by atoms with Crippen LogP contribution >= 0.6 is 11.3 Å². The zero-order valence-corrected chi connectivity index (χ0v) is 15.4. The topological polar surface area (TPSA) is 82.5 Å². The molecular weight excluding hydrogens is 350 g/mol. The summed E-state index contributed by atoms with van der Waals surface area (Å²) in [6.45, 7) is 2.68. The maximum Gasteiger partial charge on any atom is 0.322 e. The van der Waals surface area contributed by atoms with Crippen molar-refractivity contribution in [2.75, 3.05) is 18.4 Å². The largest absolute Gasteiger partial charge is 0.481 e. The number of carboxylic acid groups (broad SMARTS) is 1. The Labute approximate surface area is 155 Å². The number of urea groups is 1. The van der Waals surface area contributed by atoms with E-state index in [2.05, 4.69) is 10.3 Å². The van der Waals surface area contributed by atoms with Gasteiger partial charge in [-0.05, 0) is 25.7 Å². The number of nitrogens with zero attached hydrogens (tertiary/aromatic N) is 2. The van der Waals surface area contributed by atoms with Gasteiger partial charge in [-0.3, -0.25) is 10.1 Å². The Morgan fingerprint density at radius 2 is 2.12 bits per heavy atom. The molecule has 1 aliphatic carbocycles. The Hall–Kier alpha value is -2.41. The number of anilines is 1. The first-order chi connectivity index (χ1) is 12.5. The van der Waals surface area contributed by atoms with E-state index < -0.39 is 11.4 Å². The molecule has 2 atom stereocenters. The van der Waals surface area contributed by atoms with Gasteiger partial charge in [0.25, 0.3) is 0 Å². The van der Waals surface area contributed by atoms with Crippen LogP contribution in [0.5, 0.6) is 0 Å². The molecule has 1 saturated carbocycles. The predicted octanol–water partition coefficient (Wildman–Crippen LogP) is 3.84. The molecule has 2 aliphatic rings. The number of nitrogens with one attached hydrogen (secondary N) is 1. The van der Waals surface area contributed by atoms with Crippen LogP contribution in [0.2, 0.25) is 0 Å². The predicted molar refractivity (Wildman–Crippen MR) is 100 cm³/mol. The zero-order chi connectivity index (χ0) is 18.3. The average Bonchev–Trinajstić information content (AvgIpc) is 3.29. The molecular formula is C19H21N3O3S. The van der Waals surface area contributed by atoms with Gasteiger partial charge in [0.05, 0.1) is 11.1 Å². The molecule has 6 nitrogen and oxygen atoms in total. The highest BCUT2D eigenvalue weighted by molar-refractivity contribution is 7.19. The summed E-state index contributed by atoms with van der Waals surface area (Å²) in [7, 11) is 0. The number of rotatable bonds is 3. The average molecular weight is 371 g/mol. The normalized spacial score (nSPS) is 24.5. The van der Waals surface area contributed by atoms with Crippen LogP contribution in [0.3, 0.4) is 0 Å². The number of benzene rings is 1. The van der Waals surface area contributed by atoms with Crippen LogP contribution in [0.4, 0.5) is 9.80 Å². The standard InChI is InChI=1S/C19H21N3O3S/c1-12-15(26-16(20-12)13-6-3-2-4-7-13)21-18(25)22-10-14-8-5-9-19(14,11-22)17(23)24/h2-4,6-7,14H,5,8-11H2,1H3,(H,21,25)(H,23,24)/t14-,19+/m0/s1. The Morgan fingerprint density at radius 3 is 2.81 bits per heavy atom. The lowest BCUT2D eigenvalue weighted by Crippen LogP contribution is -2.38. The first-order valence-electron chi connectivity index (χ1n) is 8.82. The van der Waals surface area contributed by atoms with E-state index in [1.165, 1.54) is 11.3 Å². The van der Waals surface area contributed by atoms with Crippen LogP contribution in [-0.4, -0.2) is 40.1 Å². The SMILES string of the molecule is Cc1nc(-c2ccccc2)sc1NC(=O)N1C[C@@H]2CCC[C@@]2(C(=O)O)C1. The number of thiazole rings is 1. The van der Waals surface area contributed by atoms with Gasteiger partial charge in [-0.2, -0.15) is 0 Å². The minimum absolute atomic E-state index is 0.0631. The Bertz CT molecular complexity index is 851. The number of aryl methyl sites for hydroxylation is 1. The molecule has 0 unspecified atom stereocenters. The van der Waals surface area contributed by atoms with Gasteiger partial charge in [0, 0.05) is 18.7 Å². The Balaban J connectivity index is 1.50. The third-order valence-electron chi connectivity index (χ3n) is 5.62. The highest BCUT2D eigenvalue weighted by Gasteiger charge is 2.55. The summed E-state index contributed by atoms with van der Waals surface area (Å²) in [5.74, 6) is -0.705. The first kappa shape index (κ1) is 17.0. The van der Waals surface area contributed by atoms with E-state index in [9.17, 15) is 14.7 Å². The van der Waals surface area contributed by atoms with Crippen LogP contribution in [0.15, 0.2) is 30.3 Å². The third kappa shape index (κ3) is 2.76. The molecule has 2 amide bonds. The van der Waals surface area contributed by atoms with E-state index in [4.69, 9.17) is 0 Å². The van der Waals surface area contributed by atoms with Crippen LogP contribution in [0.25, 0.3) is 10.6 Å². The summed E-state index contributed by atoms with van der Waals surface area (Å²) in [4.78, 5) is 30.7. The summed E-state index contributed by atoms with van der Waals surface area (Å²) in [5, 5.41) is 14.2. The van der Waals surface area contributed by atoms with Crippen molar-refractivity contribution in [2.24, 2.45) is 11.3 Å². The highest BCUT2D eigenvalue weighted by Crippen LogP contribution is 2.49. The van der Waals surface area contributed by atoms with E-state index in [1.807, 2.05) is 37.3 Å². The number of carbonyl (C=O) groups excluding carboxylic acids is 1. The summed E-state index contributed by atoms with van der Waals surface area (Å²) < 4.78 is 0. The molecule has 0 spiro atoms. The number of carboxylic acids is 1. The van der Waals surface area contributed by atoms with E-state index in [-0.39, 0.29) is 11.9 Å². The van der Waals surface area contributed by atoms with Crippen molar-refractivity contribution in [1.82, 2.24) is 9.88 Å². The molecule has 1 aromatic carbocycles. The number of hydrogen-bond acceptors (Lipinski definition) is 4. The molecule has 2 N–H and O–H groups in total. The molecule has 1 saturated heterocycles. The Kier molecular flexibility index (Phi) is 4.19. The molecule has 2 heterocycles. The quantitative estimate of drug-likeness (QED) is 0.859. The second-order valence-corrected chi connectivity index (χ2v) is 8.16. The van der Waals surface area contributed by atoms with Crippen LogP contribution in [0.1, 0.15) is 25.0 Å². The zero-order valence-electron chi connectivity index (χ0n) is 14.6. The minimum Gasteiger partial charge on any atom is -0.481 e. The van der Waals surface area contributed by atoms with E-state index in [0.29, 0.717) is 19.5 Å². The lowest BCUT2D eigenvalue weighted by Gasteiger charge is -2.23.